The number of nitrogens with zero attached hydrogens (tertiary/aromatic N) is 5. The molecule has 0 aliphatic heterocycles. The Hall–Kier alpha value is -3.51. The monoisotopic (exact) mass is 533 g/mol. The average Bonchev–Trinajstić information content (AvgIpc) is 3.50. The van der Waals surface area contributed by atoms with Crippen LogP contribution in [-0.2, 0) is 4.79 Å². The standard InChI is InChI=1S/C25H30F3N7O3/c1-14-21(34-38-33-14)24(37)32-23(16-6-8-25(27,28)9-7-16)18-13-35-19(30-18)11-17(12-29-35)22(15-4-5-15)31-20(36)3-2-10-26/h11-13,15-16,22-23H,2-10H2,1H3,(H,31,36)(H,32,37)/t22?,23-/m0/s1. The highest BCUT2D eigenvalue weighted by Gasteiger charge is 2.40. The fraction of sp³-hybridized carbons (Fsp3) is 0.600. The first-order chi connectivity index (χ1) is 18.2. The number of amides is 2. The molecule has 0 saturated heterocycles. The maximum absolute atomic E-state index is 13.9. The summed E-state index contributed by atoms with van der Waals surface area (Å²) in [5.41, 5.74) is 2.12. The van der Waals surface area contributed by atoms with Crippen molar-refractivity contribution in [1.82, 2.24) is 35.5 Å². The predicted molar refractivity (Wildman–Crippen MR) is 128 cm³/mol. The number of rotatable bonds is 10. The van der Waals surface area contributed by atoms with Crippen molar-refractivity contribution in [3.63, 3.8) is 0 Å². The molecule has 0 aromatic carbocycles. The fourth-order valence-corrected chi connectivity index (χ4v) is 5.08. The number of carbonyl (C=O) groups is 2. The quantitative estimate of drug-likeness (QED) is 0.403. The van der Waals surface area contributed by atoms with Crippen LogP contribution in [-0.4, -0.2) is 49.3 Å². The third-order valence-corrected chi connectivity index (χ3v) is 7.37. The van der Waals surface area contributed by atoms with Gasteiger partial charge in [0.25, 0.3) is 5.91 Å². The molecular weight excluding hydrogens is 503 g/mol. The number of carbonyl (C=O) groups excluding carboxylic acids is 2. The molecule has 5 rings (SSSR count). The zero-order chi connectivity index (χ0) is 26.9. The van der Waals surface area contributed by atoms with Gasteiger partial charge in [0, 0.05) is 19.3 Å². The Balaban J connectivity index is 1.41. The van der Waals surface area contributed by atoms with Gasteiger partial charge in [-0.2, -0.15) is 5.10 Å². The lowest BCUT2D eigenvalue weighted by atomic mass is 9.81. The maximum atomic E-state index is 13.9. The van der Waals surface area contributed by atoms with Crippen LogP contribution in [0, 0.1) is 18.8 Å². The van der Waals surface area contributed by atoms with Gasteiger partial charge in [-0.1, -0.05) is 5.16 Å². The van der Waals surface area contributed by atoms with Gasteiger partial charge in [0.15, 0.2) is 11.3 Å². The van der Waals surface area contributed by atoms with Crippen molar-refractivity contribution in [2.45, 2.75) is 76.3 Å². The molecule has 0 spiro atoms. The molecule has 0 bridgehead atoms. The molecule has 3 aromatic rings. The Bertz CT molecular complexity index is 1300. The lowest BCUT2D eigenvalue weighted by Crippen LogP contribution is -2.37. The van der Waals surface area contributed by atoms with Crippen molar-refractivity contribution in [3.05, 3.63) is 41.1 Å². The second kappa shape index (κ2) is 10.7. The number of hydrogen-bond acceptors (Lipinski definition) is 7. The summed E-state index contributed by atoms with van der Waals surface area (Å²) in [6.07, 6.45) is 5.47. The largest absolute Gasteiger partial charge is 0.349 e. The number of fused-ring (bicyclic) bond motifs is 1. The number of alkyl halides is 3. The first-order valence-electron chi connectivity index (χ1n) is 12.9. The highest BCUT2D eigenvalue weighted by Crippen LogP contribution is 2.42. The summed E-state index contributed by atoms with van der Waals surface area (Å²) in [7, 11) is 0. The Morgan fingerprint density at radius 1 is 1.13 bits per heavy atom. The van der Waals surface area contributed by atoms with Crippen LogP contribution in [0.25, 0.3) is 5.65 Å². The molecule has 2 amide bonds. The van der Waals surface area contributed by atoms with Crippen molar-refractivity contribution in [2.24, 2.45) is 11.8 Å². The Kier molecular flexibility index (Phi) is 7.35. The van der Waals surface area contributed by atoms with E-state index in [9.17, 15) is 22.8 Å². The molecule has 3 aromatic heterocycles. The summed E-state index contributed by atoms with van der Waals surface area (Å²) in [4.78, 5) is 30.0. The number of halogens is 3. The number of nitrogens with one attached hydrogen (secondary N) is 2. The van der Waals surface area contributed by atoms with Crippen LogP contribution in [0.5, 0.6) is 0 Å². The summed E-state index contributed by atoms with van der Waals surface area (Å²) >= 11 is 0. The van der Waals surface area contributed by atoms with Crippen LogP contribution in [0.3, 0.4) is 0 Å². The molecule has 10 nitrogen and oxygen atoms in total. The van der Waals surface area contributed by atoms with Gasteiger partial charge in [0.1, 0.15) is 5.69 Å². The second-order valence-corrected chi connectivity index (χ2v) is 10.3. The molecule has 2 fully saturated rings. The molecule has 38 heavy (non-hydrogen) atoms. The van der Waals surface area contributed by atoms with Gasteiger partial charge in [0.2, 0.25) is 11.8 Å². The van der Waals surface area contributed by atoms with Gasteiger partial charge in [-0.3, -0.25) is 14.0 Å². The van der Waals surface area contributed by atoms with Gasteiger partial charge < -0.3 is 10.6 Å². The van der Waals surface area contributed by atoms with Crippen LogP contribution in [0.4, 0.5) is 13.2 Å². The van der Waals surface area contributed by atoms with E-state index < -0.39 is 24.5 Å². The summed E-state index contributed by atoms with van der Waals surface area (Å²) in [5, 5.41) is 17.7. The van der Waals surface area contributed by atoms with E-state index in [1.807, 2.05) is 6.07 Å². The summed E-state index contributed by atoms with van der Waals surface area (Å²) < 4.78 is 46.5. The second-order valence-electron chi connectivity index (χ2n) is 10.3. The summed E-state index contributed by atoms with van der Waals surface area (Å²) in [6, 6.07) is 0.923. The Morgan fingerprint density at radius 3 is 2.53 bits per heavy atom. The van der Waals surface area contributed by atoms with Crippen LogP contribution in [0.15, 0.2) is 23.1 Å². The summed E-state index contributed by atoms with van der Waals surface area (Å²) in [5.74, 6) is -3.45. The van der Waals surface area contributed by atoms with Crippen LogP contribution >= 0.6 is 0 Å². The maximum Gasteiger partial charge on any atom is 0.276 e. The predicted octanol–water partition coefficient (Wildman–Crippen LogP) is 4.03. The molecule has 2 N–H and O–H groups in total. The van der Waals surface area contributed by atoms with E-state index >= 15 is 0 Å². The van der Waals surface area contributed by atoms with Crippen molar-refractivity contribution >= 4 is 17.5 Å². The molecular formula is C25H30F3N7O3. The van der Waals surface area contributed by atoms with E-state index in [2.05, 4.69) is 30.7 Å². The van der Waals surface area contributed by atoms with E-state index in [1.54, 1.807) is 23.8 Å². The smallest absolute Gasteiger partial charge is 0.276 e. The first kappa shape index (κ1) is 26.1. The van der Waals surface area contributed by atoms with Crippen LogP contribution in [0.2, 0.25) is 0 Å². The molecule has 13 heteroatoms. The molecule has 3 heterocycles. The molecule has 2 aliphatic rings. The molecule has 1 unspecified atom stereocenters. The van der Waals surface area contributed by atoms with Gasteiger partial charge in [-0.25, -0.2) is 22.9 Å². The third kappa shape index (κ3) is 5.81. The van der Waals surface area contributed by atoms with Crippen LogP contribution in [0.1, 0.15) is 90.9 Å². The third-order valence-electron chi connectivity index (χ3n) is 7.37. The van der Waals surface area contributed by atoms with Crippen molar-refractivity contribution < 1.29 is 27.4 Å². The average molecular weight is 534 g/mol. The van der Waals surface area contributed by atoms with E-state index in [4.69, 9.17) is 4.98 Å². The highest BCUT2D eigenvalue weighted by atomic mass is 19.3. The zero-order valence-corrected chi connectivity index (χ0v) is 21.0. The molecule has 2 aliphatic carbocycles. The van der Waals surface area contributed by atoms with E-state index in [0.29, 0.717) is 17.0 Å². The van der Waals surface area contributed by atoms with E-state index in [1.165, 1.54) is 0 Å². The fourth-order valence-electron chi connectivity index (χ4n) is 5.08. The van der Waals surface area contributed by atoms with Crippen LogP contribution < -0.4 is 10.6 Å². The molecule has 204 valence electrons. The lowest BCUT2D eigenvalue weighted by molar-refractivity contribution is -0.122. The van der Waals surface area contributed by atoms with E-state index in [-0.39, 0.29) is 68.0 Å². The number of hydrogen-bond donors (Lipinski definition) is 2. The van der Waals surface area contributed by atoms with Crippen molar-refractivity contribution in [3.8, 4) is 0 Å². The highest BCUT2D eigenvalue weighted by molar-refractivity contribution is 5.93. The van der Waals surface area contributed by atoms with E-state index in [0.717, 1.165) is 18.4 Å². The topological polar surface area (TPSA) is 127 Å². The molecule has 0 radical (unpaired) electrons. The molecule has 2 atom stereocenters. The summed E-state index contributed by atoms with van der Waals surface area (Å²) in [6.45, 7) is 1.04. The van der Waals surface area contributed by atoms with Crippen molar-refractivity contribution in [1.29, 1.82) is 0 Å². The van der Waals surface area contributed by atoms with Gasteiger partial charge in [-0.05, 0) is 67.7 Å². The SMILES string of the molecule is Cc1nonc1C(=O)N[C@H](c1cn2ncc(C(NC(=O)CCCF)C3CC3)cc2n1)C1CCC(F)(F)CC1. The first-order valence-corrected chi connectivity index (χ1v) is 12.9. The number of aryl methyl sites for hydroxylation is 1. The minimum atomic E-state index is -2.72. The number of imidazole rings is 1. The molecule has 2 saturated carbocycles. The van der Waals surface area contributed by atoms with Gasteiger partial charge >= 0.3 is 0 Å². The Morgan fingerprint density at radius 2 is 1.87 bits per heavy atom. The van der Waals surface area contributed by atoms with Gasteiger partial charge in [-0.15, -0.1) is 0 Å². The zero-order valence-electron chi connectivity index (χ0n) is 21.0. The lowest BCUT2D eigenvalue weighted by Gasteiger charge is -2.33. The number of aromatic nitrogens is 5. The van der Waals surface area contributed by atoms with Crippen molar-refractivity contribution in [2.75, 3.05) is 6.67 Å². The van der Waals surface area contributed by atoms with Gasteiger partial charge in [0.05, 0.1) is 36.8 Å². The minimum Gasteiger partial charge on any atom is -0.349 e. The normalized spacial score (nSPS) is 19.3. The minimum absolute atomic E-state index is 0.0242. The Labute approximate surface area is 216 Å².